The van der Waals surface area contributed by atoms with Gasteiger partial charge in [0.25, 0.3) is 0 Å². The highest BCUT2D eigenvalue weighted by Crippen LogP contribution is 2.13. The Labute approximate surface area is 113 Å². The smallest absolute Gasteiger partial charge is 0.348 e. The molecule has 0 aliphatic rings. The Bertz CT molecular complexity index is 600. The zero-order valence-electron chi connectivity index (χ0n) is 11.0. The second kappa shape index (κ2) is 6.20. The number of hydrogen-bond acceptors (Lipinski definition) is 5. The molecule has 0 bridgehead atoms. The highest BCUT2D eigenvalue weighted by molar-refractivity contribution is 7.86. The van der Waals surface area contributed by atoms with Crippen LogP contribution in [0, 0.1) is 18.3 Å². The van der Waals surface area contributed by atoms with Crippen molar-refractivity contribution in [2.24, 2.45) is 5.16 Å². The lowest BCUT2D eigenvalue weighted by Gasteiger charge is -2.12. The van der Waals surface area contributed by atoms with Gasteiger partial charge < -0.3 is 4.90 Å². The third-order valence-electron chi connectivity index (χ3n) is 2.47. The van der Waals surface area contributed by atoms with Gasteiger partial charge in [0.2, 0.25) is 5.84 Å². The molecule has 0 aliphatic carbocycles. The average molecular weight is 281 g/mol. The molecule has 0 N–H and O–H groups in total. The summed E-state index contributed by atoms with van der Waals surface area (Å²) < 4.78 is 28.2. The molecule has 7 heteroatoms. The summed E-state index contributed by atoms with van der Waals surface area (Å²) in [6, 6.07) is 7.94. The number of oxime groups is 1. The number of benzene rings is 1. The van der Waals surface area contributed by atoms with Gasteiger partial charge in [-0.25, -0.2) is 0 Å². The standard InChI is InChI=1S/C12H15N3O3S/c1-4-15(3)12(9-13)14-18-19(16,17)11-7-5-10(2)6-8-11/h5-8H,4H2,1-3H3. The molecular weight excluding hydrogens is 266 g/mol. The third kappa shape index (κ3) is 3.96. The maximum absolute atomic E-state index is 11.8. The molecule has 0 aromatic heterocycles. The monoisotopic (exact) mass is 281 g/mol. The van der Waals surface area contributed by atoms with Crippen molar-refractivity contribution < 1.29 is 12.7 Å². The third-order valence-corrected chi connectivity index (χ3v) is 3.59. The largest absolute Gasteiger partial charge is 0.358 e. The highest BCUT2D eigenvalue weighted by Gasteiger charge is 2.16. The van der Waals surface area contributed by atoms with Crippen molar-refractivity contribution in [3.05, 3.63) is 29.8 Å². The van der Waals surface area contributed by atoms with Gasteiger partial charge in [0, 0.05) is 13.6 Å². The summed E-state index contributed by atoms with van der Waals surface area (Å²) in [6.45, 7) is 4.17. The number of nitriles is 1. The number of aryl methyl sites for hydroxylation is 1. The van der Waals surface area contributed by atoms with E-state index in [4.69, 9.17) is 5.26 Å². The second-order valence-electron chi connectivity index (χ2n) is 3.88. The molecule has 0 spiro atoms. The van der Waals surface area contributed by atoms with Crippen LogP contribution < -0.4 is 0 Å². The van der Waals surface area contributed by atoms with Crippen LogP contribution in [0.2, 0.25) is 0 Å². The topological polar surface area (TPSA) is 82.8 Å². The van der Waals surface area contributed by atoms with Crippen molar-refractivity contribution in [1.29, 1.82) is 5.26 Å². The van der Waals surface area contributed by atoms with Crippen molar-refractivity contribution in [3.63, 3.8) is 0 Å². The van der Waals surface area contributed by atoms with Crippen LogP contribution in [0.1, 0.15) is 12.5 Å². The van der Waals surface area contributed by atoms with Crippen LogP contribution >= 0.6 is 0 Å². The van der Waals surface area contributed by atoms with Crippen molar-refractivity contribution in [2.45, 2.75) is 18.7 Å². The normalized spacial score (nSPS) is 11.8. The summed E-state index contributed by atoms with van der Waals surface area (Å²) in [4.78, 5) is 1.48. The molecule has 19 heavy (non-hydrogen) atoms. The van der Waals surface area contributed by atoms with Gasteiger partial charge in [0.15, 0.2) is 0 Å². The Morgan fingerprint density at radius 1 is 1.42 bits per heavy atom. The molecule has 1 aromatic rings. The molecule has 0 saturated carbocycles. The molecule has 0 radical (unpaired) electrons. The molecule has 6 nitrogen and oxygen atoms in total. The van der Waals surface area contributed by atoms with E-state index in [-0.39, 0.29) is 10.7 Å². The molecule has 1 rings (SSSR count). The molecule has 0 unspecified atom stereocenters. The predicted molar refractivity (Wildman–Crippen MR) is 70.8 cm³/mol. The van der Waals surface area contributed by atoms with Crippen LogP contribution in [0.25, 0.3) is 0 Å². The fourth-order valence-electron chi connectivity index (χ4n) is 1.16. The van der Waals surface area contributed by atoms with Crippen LogP contribution in [0.15, 0.2) is 34.3 Å². The van der Waals surface area contributed by atoms with Gasteiger partial charge in [-0.15, -0.1) is 0 Å². The van der Waals surface area contributed by atoms with Gasteiger partial charge in [-0.3, -0.25) is 4.28 Å². The van der Waals surface area contributed by atoms with Crippen molar-refractivity contribution in [2.75, 3.05) is 13.6 Å². The molecule has 102 valence electrons. The first-order valence-electron chi connectivity index (χ1n) is 5.60. The van der Waals surface area contributed by atoms with Gasteiger partial charge in [-0.05, 0) is 31.1 Å². The zero-order valence-corrected chi connectivity index (χ0v) is 11.8. The molecule has 0 aliphatic heterocycles. The lowest BCUT2D eigenvalue weighted by Crippen LogP contribution is -2.25. The van der Waals surface area contributed by atoms with Crippen molar-refractivity contribution in [3.8, 4) is 6.07 Å². The molecule has 0 amide bonds. The molecule has 0 atom stereocenters. The number of rotatable bonds is 4. The molecule has 0 saturated heterocycles. The van der Waals surface area contributed by atoms with Crippen LogP contribution in [0.4, 0.5) is 0 Å². The summed E-state index contributed by atoms with van der Waals surface area (Å²) >= 11 is 0. The van der Waals surface area contributed by atoms with Crippen LogP contribution in [0.5, 0.6) is 0 Å². The lowest BCUT2D eigenvalue weighted by atomic mass is 10.2. The van der Waals surface area contributed by atoms with Crippen LogP contribution in [0.3, 0.4) is 0 Å². The first kappa shape index (κ1) is 15.0. The van der Waals surface area contributed by atoms with E-state index < -0.39 is 10.1 Å². The Morgan fingerprint density at radius 2 is 2.00 bits per heavy atom. The summed E-state index contributed by atoms with van der Waals surface area (Å²) in [5.41, 5.74) is 0.936. The van der Waals surface area contributed by atoms with E-state index in [1.807, 2.05) is 6.92 Å². The van der Waals surface area contributed by atoms with E-state index in [9.17, 15) is 8.42 Å². The number of amidine groups is 1. The minimum absolute atomic E-state index is 0.00158. The van der Waals surface area contributed by atoms with E-state index in [1.54, 1.807) is 32.2 Å². The second-order valence-corrected chi connectivity index (χ2v) is 5.41. The Balaban J connectivity index is 2.95. The quantitative estimate of drug-likeness (QED) is 0.474. The van der Waals surface area contributed by atoms with Gasteiger partial charge in [-0.2, -0.15) is 13.7 Å². The maximum atomic E-state index is 11.8. The summed E-state index contributed by atoms with van der Waals surface area (Å²) in [5, 5.41) is 12.2. The van der Waals surface area contributed by atoms with Crippen molar-refractivity contribution >= 4 is 16.0 Å². The van der Waals surface area contributed by atoms with Crippen LogP contribution in [-0.4, -0.2) is 32.7 Å². The van der Waals surface area contributed by atoms with E-state index >= 15 is 0 Å². The van der Waals surface area contributed by atoms with E-state index in [0.29, 0.717) is 6.54 Å². The molecular formula is C12H15N3O3S. The van der Waals surface area contributed by atoms with Gasteiger partial charge in [0.1, 0.15) is 11.0 Å². The fraction of sp³-hybridized carbons (Fsp3) is 0.333. The number of nitrogens with zero attached hydrogens (tertiary/aromatic N) is 3. The van der Waals surface area contributed by atoms with Gasteiger partial charge in [-0.1, -0.05) is 17.7 Å². The molecule has 1 aromatic carbocycles. The minimum Gasteiger partial charge on any atom is -0.348 e. The molecule has 0 fully saturated rings. The van der Waals surface area contributed by atoms with Gasteiger partial charge >= 0.3 is 10.1 Å². The predicted octanol–water partition coefficient (Wildman–Crippen LogP) is 1.49. The summed E-state index contributed by atoms with van der Waals surface area (Å²) in [6.07, 6.45) is 0. The fourth-order valence-corrected chi connectivity index (χ4v) is 1.88. The summed E-state index contributed by atoms with van der Waals surface area (Å²) in [7, 11) is -2.37. The van der Waals surface area contributed by atoms with E-state index in [0.717, 1.165) is 5.56 Å². The first-order chi connectivity index (χ1) is 8.90. The van der Waals surface area contributed by atoms with E-state index in [2.05, 4.69) is 9.44 Å². The average Bonchev–Trinajstić information content (AvgIpc) is 2.39. The Hall–Kier alpha value is -2.07. The SMILES string of the molecule is CCN(C)C(C#N)=NOS(=O)(=O)c1ccc(C)cc1. The maximum Gasteiger partial charge on any atom is 0.358 e. The highest BCUT2D eigenvalue weighted by atomic mass is 32.2. The van der Waals surface area contributed by atoms with E-state index in [1.165, 1.54) is 17.0 Å². The molecule has 0 heterocycles. The lowest BCUT2D eigenvalue weighted by molar-refractivity contribution is 0.329. The van der Waals surface area contributed by atoms with Crippen LogP contribution in [-0.2, 0) is 14.4 Å². The Kier molecular flexibility index (Phi) is 4.89. The van der Waals surface area contributed by atoms with Gasteiger partial charge in [0.05, 0.1) is 0 Å². The zero-order chi connectivity index (χ0) is 14.5. The number of hydrogen-bond donors (Lipinski definition) is 0. The first-order valence-corrected chi connectivity index (χ1v) is 7.01. The van der Waals surface area contributed by atoms with Crippen molar-refractivity contribution in [1.82, 2.24) is 4.90 Å². The summed E-state index contributed by atoms with van der Waals surface area (Å²) in [5.74, 6) is -0.0989. The minimum atomic E-state index is -3.99. The Morgan fingerprint density at radius 3 is 2.47 bits per heavy atom.